The van der Waals surface area contributed by atoms with E-state index in [4.69, 9.17) is 0 Å². The molecule has 0 fully saturated rings. The number of amides is 1. The minimum absolute atomic E-state index is 0.0128. The summed E-state index contributed by atoms with van der Waals surface area (Å²) in [5.74, 6) is 0.320. The van der Waals surface area contributed by atoms with Gasteiger partial charge in [0.25, 0.3) is 10.0 Å². The van der Waals surface area contributed by atoms with Gasteiger partial charge in [-0.1, -0.05) is 57.2 Å². The molecule has 1 aliphatic rings. The summed E-state index contributed by atoms with van der Waals surface area (Å²) in [4.78, 5) is 14.5. The molecule has 0 saturated heterocycles. The maximum Gasteiger partial charge on any atom is 0.285 e. The van der Waals surface area contributed by atoms with Crippen molar-refractivity contribution in [2.75, 3.05) is 13.6 Å². The zero-order valence-corrected chi connectivity index (χ0v) is 18.0. The number of aryl methyl sites for hydroxylation is 1. The van der Waals surface area contributed by atoms with Crippen LogP contribution < -0.4 is 5.32 Å². The molecule has 1 unspecified atom stereocenters. The first-order valence-corrected chi connectivity index (χ1v) is 11.2. The highest BCUT2D eigenvalue weighted by Crippen LogP contribution is 2.27. The Bertz CT molecular complexity index is 1030. The van der Waals surface area contributed by atoms with Gasteiger partial charge in [0, 0.05) is 12.6 Å². The van der Waals surface area contributed by atoms with Gasteiger partial charge in [-0.05, 0) is 35.6 Å². The number of benzene rings is 2. The van der Waals surface area contributed by atoms with Crippen LogP contribution in [0, 0.1) is 5.92 Å². The van der Waals surface area contributed by atoms with Crippen LogP contribution >= 0.6 is 0 Å². The van der Waals surface area contributed by atoms with Crippen molar-refractivity contribution >= 4 is 21.8 Å². The zero-order valence-electron chi connectivity index (χ0n) is 17.2. The van der Waals surface area contributed by atoms with E-state index in [9.17, 15) is 13.2 Å². The second kappa shape index (κ2) is 8.37. The molecule has 0 saturated carbocycles. The topological polar surface area (TPSA) is 78.8 Å². The minimum Gasteiger partial charge on any atom is -0.349 e. The van der Waals surface area contributed by atoms with Gasteiger partial charge in [-0.3, -0.25) is 4.79 Å². The first kappa shape index (κ1) is 21.0. The van der Waals surface area contributed by atoms with Crippen LogP contribution in [0.25, 0.3) is 0 Å². The molecule has 1 aliphatic heterocycles. The molecule has 7 heteroatoms. The fraction of sp³-hybridized carbons (Fsp3) is 0.364. The highest BCUT2D eigenvalue weighted by Gasteiger charge is 2.31. The van der Waals surface area contributed by atoms with Crippen molar-refractivity contribution in [2.45, 2.75) is 38.1 Å². The summed E-state index contributed by atoms with van der Waals surface area (Å²) in [5.41, 5.74) is 2.83. The summed E-state index contributed by atoms with van der Waals surface area (Å²) in [5, 5.41) is 3.08. The lowest BCUT2D eigenvalue weighted by atomic mass is 9.95. The van der Waals surface area contributed by atoms with E-state index < -0.39 is 10.0 Å². The van der Waals surface area contributed by atoms with Crippen LogP contribution in [0.4, 0.5) is 0 Å². The number of amidine groups is 1. The molecule has 0 bridgehead atoms. The number of nitrogens with zero attached hydrogens (tertiary/aromatic N) is 2. The summed E-state index contributed by atoms with van der Waals surface area (Å²) >= 11 is 0. The predicted octanol–water partition coefficient (Wildman–Crippen LogP) is 3.14. The van der Waals surface area contributed by atoms with Crippen molar-refractivity contribution in [1.29, 1.82) is 0 Å². The molecule has 1 amide bonds. The predicted molar refractivity (Wildman–Crippen MR) is 114 cm³/mol. The Morgan fingerprint density at radius 1 is 1.10 bits per heavy atom. The standard InChI is InChI=1S/C22H27N3O3S/c1-5-16-10-12-17(13-11-16)21(15(2)3)23-20(26)14-25(4)22-18-8-6-7-9-19(18)29(27,28)24-22/h6-13,15,21H,5,14H2,1-4H3,(H,23,26). The summed E-state index contributed by atoms with van der Waals surface area (Å²) in [6.45, 7) is 6.24. The molecular formula is C22H27N3O3S. The largest absolute Gasteiger partial charge is 0.349 e. The van der Waals surface area contributed by atoms with Gasteiger partial charge in [0.15, 0.2) is 5.84 Å². The Hall–Kier alpha value is -2.67. The molecule has 154 valence electrons. The van der Waals surface area contributed by atoms with E-state index >= 15 is 0 Å². The van der Waals surface area contributed by atoms with Gasteiger partial charge in [-0.2, -0.15) is 8.42 Å². The van der Waals surface area contributed by atoms with Gasteiger partial charge in [0.2, 0.25) is 5.91 Å². The second-order valence-corrected chi connectivity index (χ2v) is 9.20. The average Bonchev–Trinajstić information content (AvgIpc) is 2.97. The van der Waals surface area contributed by atoms with Crippen LogP contribution in [0.3, 0.4) is 0 Å². The number of carbonyl (C=O) groups excluding carboxylic acids is 1. The third-order valence-electron chi connectivity index (χ3n) is 5.09. The number of carbonyl (C=O) groups is 1. The summed E-state index contributed by atoms with van der Waals surface area (Å²) in [6.07, 6.45) is 0.969. The van der Waals surface area contributed by atoms with Crippen molar-refractivity contribution in [1.82, 2.24) is 10.2 Å². The number of likely N-dealkylation sites (N-methyl/N-ethyl adjacent to an activating group) is 1. The van der Waals surface area contributed by atoms with E-state index in [1.807, 2.05) is 0 Å². The van der Waals surface area contributed by atoms with Crippen molar-refractivity contribution in [3.63, 3.8) is 0 Å². The number of fused-ring (bicyclic) bond motifs is 1. The van der Waals surface area contributed by atoms with E-state index in [0.717, 1.165) is 12.0 Å². The highest BCUT2D eigenvalue weighted by atomic mass is 32.2. The second-order valence-electron chi connectivity index (χ2n) is 7.63. The molecule has 0 aromatic heterocycles. The summed E-state index contributed by atoms with van der Waals surface area (Å²) in [7, 11) is -2.03. The number of nitrogens with one attached hydrogen (secondary N) is 1. The molecule has 1 heterocycles. The van der Waals surface area contributed by atoms with E-state index in [-0.39, 0.29) is 29.3 Å². The molecule has 0 radical (unpaired) electrons. The lowest BCUT2D eigenvalue weighted by Gasteiger charge is -2.25. The molecule has 0 aliphatic carbocycles. The van der Waals surface area contributed by atoms with Gasteiger partial charge in [0.1, 0.15) is 4.90 Å². The van der Waals surface area contributed by atoms with Crippen LogP contribution in [0.5, 0.6) is 0 Å². The molecule has 1 atom stereocenters. The zero-order chi connectivity index (χ0) is 21.2. The number of hydrogen-bond acceptors (Lipinski definition) is 4. The molecule has 0 spiro atoms. The Balaban J connectivity index is 1.74. The third kappa shape index (κ3) is 4.50. The smallest absolute Gasteiger partial charge is 0.285 e. The maximum absolute atomic E-state index is 12.7. The van der Waals surface area contributed by atoms with Gasteiger partial charge in [-0.15, -0.1) is 4.40 Å². The van der Waals surface area contributed by atoms with Gasteiger partial charge in [0.05, 0.1) is 12.6 Å². The lowest BCUT2D eigenvalue weighted by Crippen LogP contribution is -2.41. The SMILES string of the molecule is CCc1ccc(C(NC(=O)CN(C)C2=NS(=O)(=O)c3ccccc32)C(C)C)cc1. The normalized spacial score (nSPS) is 15.6. The van der Waals surface area contributed by atoms with E-state index in [1.54, 1.807) is 30.1 Å². The molecule has 2 aromatic rings. The Kier molecular flexibility index (Phi) is 6.07. The fourth-order valence-electron chi connectivity index (χ4n) is 3.47. The Morgan fingerprint density at radius 2 is 1.76 bits per heavy atom. The van der Waals surface area contributed by atoms with Gasteiger partial charge < -0.3 is 10.2 Å². The first-order valence-electron chi connectivity index (χ1n) is 9.76. The quantitative estimate of drug-likeness (QED) is 0.789. The van der Waals surface area contributed by atoms with E-state index in [1.165, 1.54) is 11.6 Å². The summed E-state index contributed by atoms with van der Waals surface area (Å²) < 4.78 is 28.4. The van der Waals surface area contributed by atoms with Crippen LogP contribution in [-0.2, 0) is 21.2 Å². The van der Waals surface area contributed by atoms with Gasteiger partial charge in [-0.25, -0.2) is 0 Å². The highest BCUT2D eigenvalue weighted by molar-refractivity contribution is 7.90. The van der Waals surface area contributed by atoms with E-state index in [2.05, 4.69) is 54.8 Å². The molecule has 2 aromatic carbocycles. The first-order chi connectivity index (χ1) is 13.7. The van der Waals surface area contributed by atoms with Gasteiger partial charge >= 0.3 is 0 Å². The average molecular weight is 414 g/mol. The maximum atomic E-state index is 12.7. The van der Waals surface area contributed by atoms with Crippen LogP contribution in [-0.4, -0.2) is 38.7 Å². The monoisotopic (exact) mass is 413 g/mol. The Morgan fingerprint density at radius 3 is 2.38 bits per heavy atom. The molecule has 1 N–H and O–H groups in total. The third-order valence-corrected chi connectivity index (χ3v) is 6.41. The van der Waals surface area contributed by atoms with Crippen LogP contribution in [0.1, 0.15) is 43.5 Å². The molecule has 3 rings (SSSR count). The number of hydrogen-bond donors (Lipinski definition) is 1. The van der Waals surface area contributed by atoms with Crippen molar-refractivity contribution in [2.24, 2.45) is 10.3 Å². The fourth-order valence-corrected chi connectivity index (χ4v) is 4.72. The lowest BCUT2D eigenvalue weighted by molar-refractivity contribution is -0.122. The number of sulfonamides is 1. The van der Waals surface area contributed by atoms with Crippen molar-refractivity contribution < 1.29 is 13.2 Å². The van der Waals surface area contributed by atoms with Crippen molar-refractivity contribution in [3.8, 4) is 0 Å². The van der Waals surface area contributed by atoms with E-state index in [0.29, 0.717) is 11.4 Å². The minimum atomic E-state index is -3.71. The Labute approximate surface area is 172 Å². The van der Waals surface area contributed by atoms with Crippen LogP contribution in [0.15, 0.2) is 57.8 Å². The van der Waals surface area contributed by atoms with Crippen molar-refractivity contribution in [3.05, 3.63) is 65.2 Å². The van der Waals surface area contributed by atoms with Crippen LogP contribution in [0.2, 0.25) is 0 Å². The molecule has 6 nitrogen and oxygen atoms in total. The molecule has 29 heavy (non-hydrogen) atoms. The summed E-state index contributed by atoms with van der Waals surface area (Å²) in [6, 6.07) is 14.8. The number of rotatable bonds is 6. The molecular weight excluding hydrogens is 386 g/mol.